The number of aryl methyl sites for hydroxylation is 1. The maximum absolute atomic E-state index is 12.7. The van der Waals surface area contributed by atoms with E-state index in [-0.39, 0.29) is 11.8 Å². The highest BCUT2D eigenvalue weighted by Crippen LogP contribution is 2.27. The first kappa shape index (κ1) is 19.5. The molecule has 1 fully saturated rings. The molecule has 0 bridgehead atoms. The number of carbonyl (C=O) groups excluding carboxylic acids is 1. The predicted molar refractivity (Wildman–Crippen MR) is 110 cm³/mol. The molecule has 0 saturated carbocycles. The van der Waals surface area contributed by atoms with E-state index in [2.05, 4.69) is 31.6 Å². The lowest BCUT2D eigenvalue weighted by Gasteiger charge is -2.31. The van der Waals surface area contributed by atoms with Crippen molar-refractivity contribution in [3.8, 4) is 17.1 Å². The van der Waals surface area contributed by atoms with Crippen molar-refractivity contribution < 1.29 is 14.2 Å². The molecule has 1 aromatic carbocycles. The van der Waals surface area contributed by atoms with Crippen LogP contribution in [0.4, 0.5) is 5.13 Å². The molecule has 0 radical (unpaired) electrons. The number of carbonyl (C=O) groups is 1. The molecule has 1 aliphatic rings. The average molecular weight is 414 g/mol. The quantitative estimate of drug-likeness (QED) is 0.662. The molecule has 152 valence electrons. The molecule has 4 rings (SSSR count). The van der Waals surface area contributed by atoms with Gasteiger partial charge in [-0.3, -0.25) is 9.69 Å². The molecule has 1 amide bonds. The van der Waals surface area contributed by atoms with Gasteiger partial charge in [-0.1, -0.05) is 23.4 Å². The van der Waals surface area contributed by atoms with Gasteiger partial charge in [0.2, 0.25) is 5.91 Å². The summed E-state index contributed by atoms with van der Waals surface area (Å²) < 4.78 is 10.2. The number of aromatic nitrogens is 3. The zero-order valence-electron chi connectivity index (χ0n) is 16.4. The number of para-hydroxylation sites is 1. The van der Waals surface area contributed by atoms with Gasteiger partial charge in [0.1, 0.15) is 17.1 Å². The van der Waals surface area contributed by atoms with Crippen molar-refractivity contribution in [2.24, 2.45) is 5.92 Å². The molecule has 9 heteroatoms. The monoisotopic (exact) mass is 413 g/mol. The zero-order chi connectivity index (χ0) is 20.2. The largest absolute Gasteiger partial charge is 0.496 e. The lowest BCUT2D eigenvalue weighted by molar-refractivity contribution is -0.121. The number of hydrogen-bond acceptors (Lipinski definition) is 8. The minimum absolute atomic E-state index is 0.00766. The van der Waals surface area contributed by atoms with Gasteiger partial charge in [0, 0.05) is 23.4 Å². The molecule has 3 heterocycles. The standard InChI is InChI=1S/C20H23N5O3S/c1-13-18(24-28-23-13)16-12-29-20(21-16)22-19(26)14-7-9-25(10-8-14)11-15-5-3-4-6-17(15)27-2/h3-6,12,14H,7-11H2,1-2H3,(H,21,22,26). The summed E-state index contributed by atoms with van der Waals surface area (Å²) in [6.07, 6.45) is 1.65. The molecule has 1 saturated heterocycles. The Bertz CT molecular complexity index is 978. The van der Waals surface area contributed by atoms with E-state index >= 15 is 0 Å². The second-order valence-corrected chi connectivity index (χ2v) is 7.95. The molecule has 1 N–H and O–H groups in total. The van der Waals surface area contributed by atoms with Gasteiger partial charge < -0.3 is 10.1 Å². The van der Waals surface area contributed by atoms with E-state index in [9.17, 15) is 4.79 Å². The fourth-order valence-corrected chi connectivity index (χ4v) is 4.24. The van der Waals surface area contributed by atoms with Crippen LogP contribution in [0.5, 0.6) is 5.75 Å². The second-order valence-electron chi connectivity index (χ2n) is 7.09. The van der Waals surface area contributed by atoms with E-state index < -0.39 is 0 Å². The summed E-state index contributed by atoms with van der Waals surface area (Å²) in [6.45, 7) is 4.40. The summed E-state index contributed by atoms with van der Waals surface area (Å²) in [5.74, 6) is 0.925. The number of nitrogens with zero attached hydrogens (tertiary/aromatic N) is 4. The molecule has 1 aliphatic heterocycles. The van der Waals surface area contributed by atoms with Crippen LogP contribution in [-0.4, -0.2) is 46.3 Å². The topological polar surface area (TPSA) is 93.4 Å². The first-order valence-corrected chi connectivity index (χ1v) is 10.4. The van der Waals surface area contributed by atoms with E-state index in [1.807, 2.05) is 30.5 Å². The maximum Gasteiger partial charge on any atom is 0.229 e. The molecule has 8 nitrogen and oxygen atoms in total. The highest BCUT2D eigenvalue weighted by molar-refractivity contribution is 7.14. The Morgan fingerprint density at radius 3 is 2.83 bits per heavy atom. The van der Waals surface area contributed by atoms with Crippen LogP contribution in [-0.2, 0) is 11.3 Å². The second kappa shape index (κ2) is 8.71. The van der Waals surface area contributed by atoms with Gasteiger partial charge in [-0.05, 0) is 44.1 Å². The summed E-state index contributed by atoms with van der Waals surface area (Å²) in [5.41, 5.74) is 3.11. The number of ether oxygens (including phenoxy) is 1. The molecule has 2 aromatic heterocycles. The van der Waals surface area contributed by atoms with Crippen molar-refractivity contribution >= 4 is 22.4 Å². The number of benzene rings is 1. The SMILES string of the molecule is COc1ccccc1CN1CCC(C(=O)Nc2nc(-c3nonc3C)cs2)CC1. The maximum atomic E-state index is 12.7. The normalized spacial score (nSPS) is 15.4. The fourth-order valence-electron chi connectivity index (χ4n) is 3.54. The third-order valence-corrected chi connectivity index (χ3v) is 5.93. The Kier molecular flexibility index (Phi) is 5.86. The van der Waals surface area contributed by atoms with E-state index in [0.29, 0.717) is 22.2 Å². The number of thiazole rings is 1. The number of likely N-dealkylation sites (tertiary alicyclic amines) is 1. The molecule has 0 unspecified atom stereocenters. The molecular formula is C20H23N5O3S. The Balaban J connectivity index is 1.30. The van der Waals surface area contributed by atoms with Crippen molar-refractivity contribution in [3.05, 3.63) is 40.9 Å². The summed E-state index contributed by atoms with van der Waals surface area (Å²) in [6, 6.07) is 8.07. The summed E-state index contributed by atoms with van der Waals surface area (Å²) in [4.78, 5) is 19.5. The lowest BCUT2D eigenvalue weighted by atomic mass is 9.95. The lowest BCUT2D eigenvalue weighted by Crippen LogP contribution is -2.37. The number of anilines is 1. The third-order valence-electron chi connectivity index (χ3n) is 5.17. The van der Waals surface area contributed by atoms with E-state index in [1.165, 1.54) is 16.9 Å². The first-order chi connectivity index (χ1) is 14.1. The van der Waals surface area contributed by atoms with Crippen LogP contribution in [0.25, 0.3) is 11.4 Å². The Labute approximate surface area is 172 Å². The summed E-state index contributed by atoms with van der Waals surface area (Å²) >= 11 is 1.38. The number of piperidine rings is 1. The summed E-state index contributed by atoms with van der Waals surface area (Å²) in [7, 11) is 1.69. The smallest absolute Gasteiger partial charge is 0.229 e. The number of nitrogens with one attached hydrogen (secondary N) is 1. The third kappa shape index (κ3) is 4.46. The van der Waals surface area contributed by atoms with E-state index in [4.69, 9.17) is 9.37 Å². The number of amides is 1. The van der Waals surface area contributed by atoms with Crippen molar-refractivity contribution in [2.45, 2.75) is 26.3 Å². The van der Waals surface area contributed by atoms with Gasteiger partial charge in [0.05, 0.1) is 7.11 Å². The van der Waals surface area contributed by atoms with Crippen LogP contribution in [0, 0.1) is 12.8 Å². The van der Waals surface area contributed by atoms with Gasteiger partial charge in [0.25, 0.3) is 0 Å². The minimum Gasteiger partial charge on any atom is -0.496 e. The number of methoxy groups -OCH3 is 1. The molecule has 29 heavy (non-hydrogen) atoms. The Hall–Kier alpha value is -2.78. The number of hydrogen-bond donors (Lipinski definition) is 1. The van der Waals surface area contributed by atoms with Crippen molar-refractivity contribution in [1.29, 1.82) is 0 Å². The van der Waals surface area contributed by atoms with E-state index in [1.54, 1.807) is 7.11 Å². The van der Waals surface area contributed by atoms with Crippen LogP contribution < -0.4 is 10.1 Å². The zero-order valence-corrected chi connectivity index (χ0v) is 17.2. The summed E-state index contributed by atoms with van der Waals surface area (Å²) in [5, 5.41) is 13.0. The van der Waals surface area contributed by atoms with Crippen LogP contribution in [0.2, 0.25) is 0 Å². The first-order valence-electron chi connectivity index (χ1n) is 9.54. The molecule has 0 spiro atoms. The van der Waals surface area contributed by atoms with Gasteiger partial charge in [-0.2, -0.15) is 0 Å². The molecule has 0 atom stereocenters. The van der Waals surface area contributed by atoms with Crippen molar-refractivity contribution in [2.75, 3.05) is 25.5 Å². The Morgan fingerprint density at radius 2 is 2.10 bits per heavy atom. The van der Waals surface area contributed by atoms with E-state index in [0.717, 1.165) is 38.2 Å². The van der Waals surface area contributed by atoms with Crippen LogP contribution in [0.3, 0.4) is 0 Å². The molecular weight excluding hydrogens is 390 g/mol. The highest BCUT2D eigenvalue weighted by Gasteiger charge is 2.26. The van der Waals surface area contributed by atoms with Crippen LogP contribution in [0.15, 0.2) is 34.3 Å². The molecule has 0 aliphatic carbocycles. The van der Waals surface area contributed by atoms with Crippen LogP contribution >= 0.6 is 11.3 Å². The van der Waals surface area contributed by atoms with Crippen molar-refractivity contribution in [1.82, 2.24) is 20.2 Å². The Morgan fingerprint density at radius 1 is 1.31 bits per heavy atom. The van der Waals surface area contributed by atoms with Gasteiger partial charge in [-0.25, -0.2) is 9.61 Å². The molecule has 3 aromatic rings. The average Bonchev–Trinajstić information content (AvgIpc) is 3.37. The minimum atomic E-state index is -0.00766. The van der Waals surface area contributed by atoms with Crippen molar-refractivity contribution in [3.63, 3.8) is 0 Å². The van der Waals surface area contributed by atoms with Gasteiger partial charge in [-0.15, -0.1) is 11.3 Å². The number of rotatable bonds is 6. The fraction of sp³-hybridized carbons (Fsp3) is 0.400. The van der Waals surface area contributed by atoms with Gasteiger partial charge >= 0.3 is 0 Å². The van der Waals surface area contributed by atoms with Gasteiger partial charge in [0.15, 0.2) is 10.8 Å². The highest BCUT2D eigenvalue weighted by atomic mass is 32.1. The van der Waals surface area contributed by atoms with Crippen LogP contribution in [0.1, 0.15) is 24.1 Å². The predicted octanol–water partition coefficient (Wildman–Crippen LogP) is 3.36.